The van der Waals surface area contributed by atoms with Crippen LogP contribution in [0.2, 0.25) is 0 Å². The maximum atomic E-state index is 10.7. The molecule has 1 aromatic rings. The minimum absolute atomic E-state index is 0.202. The molecule has 0 atom stereocenters. The summed E-state index contributed by atoms with van der Waals surface area (Å²) >= 11 is 6.77. The number of halogens is 2. The molecule has 0 unspecified atom stereocenters. The van der Waals surface area contributed by atoms with Gasteiger partial charge in [0.2, 0.25) is 0 Å². The van der Waals surface area contributed by atoms with Gasteiger partial charge in [-0.1, -0.05) is 15.9 Å². The second kappa shape index (κ2) is 6.28. The van der Waals surface area contributed by atoms with E-state index in [1.165, 1.54) is 0 Å². The summed E-state index contributed by atoms with van der Waals surface area (Å²) in [5.74, 6) is 1.01. The SMILES string of the molecule is CC(=O)CCCOc1ccc(Br)cc1Br. The molecule has 0 saturated heterocycles. The van der Waals surface area contributed by atoms with Crippen LogP contribution in [0, 0.1) is 0 Å². The zero-order valence-electron chi connectivity index (χ0n) is 8.43. The van der Waals surface area contributed by atoms with Crippen LogP contribution in [-0.4, -0.2) is 12.4 Å². The summed E-state index contributed by atoms with van der Waals surface area (Å²) in [5.41, 5.74) is 0. The fourth-order valence-electron chi connectivity index (χ4n) is 1.10. The van der Waals surface area contributed by atoms with Gasteiger partial charge in [0.25, 0.3) is 0 Å². The van der Waals surface area contributed by atoms with Crippen molar-refractivity contribution in [3.63, 3.8) is 0 Å². The van der Waals surface area contributed by atoms with Gasteiger partial charge in [0.15, 0.2) is 0 Å². The van der Waals surface area contributed by atoms with E-state index in [2.05, 4.69) is 31.9 Å². The number of hydrogen-bond acceptors (Lipinski definition) is 2. The summed E-state index contributed by atoms with van der Waals surface area (Å²) in [6.07, 6.45) is 1.34. The number of carbonyl (C=O) groups excluding carboxylic acids is 1. The molecule has 0 spiro atoms. The molecule has 82 valence electrons. The van der Waals surface area contributed by atoms with Crippen molar-refractivity contribution in [1.29, 1.82) is 0 Å². The van der Waals surface area contributed by atoms with Gasteiger partial charge >= 0.3 is 0 Å². The van der Waals surface area contributed by atoms with Crippen LogP contribution in [0.3, 0.4) is 0 Å². The van der Waals surface area contributed by atoms with Gasteiger partial charge in [-0.3, -0.25) is 0 Å². The van der Waals surface area contributed by atoms with Gasteiger partial charge in [-0.2, -0.15) is 0 Å². The van der Waals surface area contributed by atoms with Gasteiger partial charge in [-0.15, -0.1) is 0 Å². The van der Waals surface area contributed by atoms with Crippen LogP contribution in [0.4, 0.5) is 0 Å². The Bertz CT molecular complexity index is 350. The Labute approximate surface area is 106 Å². The summed E-state index contributed by atoms with van der Waals surface area (Å²) in [6.45, 7) is 2.16. The number of ketones is 1. The zero-order chi connectivity index (χ0) is 11.3. The van der Waals surface area contributed by atoms with Crippen LogP contribution >= 0.6 is 31.9 Å². The molecule has 0 amide bonds. The number of benzene rings is 1. The third kappa shape index (κ3) is 4.80. The Morgan fingerprint density at radius 2 is 2.13 bits per heavy atom. The molecule has 0 saturated carbocycles. The Balaban J connectivity index is 2.40. The van der Waals surface area contributed by atoms with E-state index in [4.69, 9.17) is 4.74 Å². The molecule has 0 aliphatic heterocycles. The van der Waals surface area contributed by atoms with Gasteiger partial charge in [-0.25, -0.2) is 0 Å². The molecule has 0 aliphatic carbocycles. The van der Waals surface area contributed by atoms with Crippen LogP contribution in [0.15, 0.2) is 27.1 Å². The highest BCUT2D eigenvalue weighted by Crippen LogP contribution is 2.28. The molecule has 4 heteroatoms. The van der Waals surface area contributed by atoms with Gasteiger partial charge in [0.1, 0.15) is 11.5 Å². The first kappa shape index (κ1) is 12.7. The maximum Gasteiger partial charge on any atom is 0.133 e. The average Bonchev–Trinajstić information content (AvgIpc) is 2.14. The van der Waals surface area contributed by atoms with Crippen molar-refractivity contribution in [2.24, 2.45) is 0 Å². The third-order valence-electron chi connectivity index (χ3n) is 1.82. The predicted octanol–water partition coefficient (Wildman–Crippen LogP) is 3.96. The number of rotatable bonds is 5. The smallest absolute Gasteiger partial charge is 0.133 e. The molecule has 0 bridgehead atoms. The van der Waals surface area contributed by atoms with Crippen LogP contribution in [0.25, 0.3) is 0 Å². The Morgan fingerprint density at radius 3 is 2.73 bits per heavy atom. The minimum Gasteiger partial charge on any atom is -0.492 e. The highest BCUT2D eigenvalue weighted by atomic mass is 79.9. The molecule has 0 heterocycles. The van der Waals surface area contributed by atoms with Gasteiger partial charge in [0, 0.05) is 10.9 Å². The second-order valence-electron chi connectivity index (χ2n) is 3.23. The third-order valence-corrected chi connectivity index (χ3v) is 2.94. The Kier molecular flexibility index (Phi) is 5.32. The fraction of sp³-hybridized carbons (Fsp3) is 0.364. The molecule has 2 nitrogen and oxygen atoms in total. The van der Waals surface area contributed by atoms with Crippen molar-refractivity contribution in [1.82, 2.24) is 0 Å². The van der Waals surface area contributed by atoms with Crippen LogP contribution < -0.4 is 4.74 Å². The number of ether oxygens (including phenoxy) is 1. The van der Waals surface area contributed by atoms with Crippen LogP contribution in [0.5, 0.6) is 5.75 Å². The summed E-state index contributed by atoms with van der Waals surface area (Å²) in [6, 6.07) is 5.74. The van der Waals surface area contributed by atoms with E-state index >= 15 is 0 Å². The van der Waals surface area contributed by atoms with Crippen molar-refractivity contribution < 1.29 is 9.53 Å². The summed E-state index contributed by atoms with van der Waals surface area (Å²) < 4.78 is 7.44. The molecule has 0 aromatic heterocycles. The summed E-state index contributed by atoms with van der Waals surface area (Å²) in [5, 5.41) is 0. The van der Waals surface area contributed by atoms with Gasteiger partial charge in [-0.05, 0) is 47.5 Å². The van der Waals surface area contributed by atoms with Crippen molar-refractivity contribution in [2.75, 3.05) is 6.61 Å². The minimum atomic E-state index is 0.202. The number of hydrogen-bond donors (Lipinski definition) is 0. The lowest BCUT2D eigenvalue weighted by atomic mass is 10.2. The Morgan fingerprint density at radius 1 is 1.40 bits per heavy atom. The van der Waals surface area contributed by atoms with E-state index in [0.29, 0.717) is 13.0 Å². The molecular formula is C11H12Br2O2. The average molecular weight is 336 g/mol. The first-order chi connectivity index (χ1) is 7.09. The molecule has 15 heavy (non-hydrogen) atoms. The standard InChI is InChI=1S/C11H12Br2O2/c1-8(14)3-2-6-15-11-5-4-9(12)7-10(11)13/h4-5,7H,2-3,6H2,1H3. The highest BCUT2D eigenvalue weighted by molar-refractivity contribution is 9.11. The number of carbonyl (C=O) groups is 1. The van der Waals surface area contributed by atoms with Gasteiger partial charge in [0.05, 0.1) is 11.1 Å². The molecule has 1 aromatic carbocycles. The van der Waals surface area contributed by atoms with Crippen molar-refractivity contribution in [3.05, 3.63) is 27.1 Å². The quantitative estimate of drug-likeness (QED) is 0.761. The molecule has 0 aliphatic rings. The van der Waals surface area contributed by atoms with Crippen molar-refractivity contribution in [2.45, 2.75) is 19.8 Å². The first-order valence-electron chi connectivity index (χ1n) is 4.67. The summed E-state index contributed by atoms with van der Waals surface area (Å²) in [7, 11) is 0. The molecule has 0 N–H and O–H groups in total. The fourth-order valence-corrected chi connectivity index (χ4v) is 2.26. The summed E-state index contributed by atoms with van der Waals surface area (Å²) in [4.78, 5) is 10.7. The van der Waals surface area contributed by atoms with E-state index in [9.17, 15) is 4.79 Å². The first-order valence-corrected chi connectivity index (χ1v) is 6.25. The monoisotopic (exact) mass is 334 g/mol. The topological polar surface area (TPSA) is 26.3 Å². The zero-order valence-corrected chi connectivity index (χ0v) is 11.6. The Hall–Kier alpha value is -0.350. The normalized spacial score (nSPS) is 10.1. The maximum absolute atomic E-state index is 10.7. The largest absolute Gasteiger partial charge is 0.492 e. The lowest BCUT2D eigenvalue weighted by Gasteiger charge is -2.07. The lowest BCUT2D eigenvalue weighted by Crippen LogP contribution is -2.00. The predicted molar refractivity (Wildman–Crippen MR) is 67.3 cm³/mol. The molecule has 0 fully saturated rings. The van der Waals surface area contributed by atoms with E-state index < -0.39 is 0 Å². The van der Waals surface area contributed by atoms with Crippen LogP contribution in [-0.2, 0) is 4.79 Å². The van der Waals surface area contributed by atoms with E-state index in [1.807, 2.05) is 18.2 Å². The molecule has 1 rings (SSSR count). The van der Waals surface area contributed by atoms with E-state index in [-0.39, 0.29) is 5.78 Å². The molecule has 0 radical (unpaired) electrons. The van der Waals surface area contributed by atoms with Crippen LogP contribution in [0.1, 0.15) is 19.8 Å². The van der Waals surface area contributed by atoms with E-state index in [0.717, 1.165) is 21.1 Å². The highest BCUT2D eigenvalue weighted by Gasteiger charge is 2.01. The van der Waals surface area contributed by atoms with Crippen molar-refractivity contribution in [3.8, 4) is 5.75 Å². The second-order valence-corrected chi connectivity index (χ2v) is 5.00. The lowest BCUT2D eigenvalue weighted by molar-refractivity contribution is -0.117. The van der Waals surface area contributed by atoms with E-state index in [1.54, 1.807) is 6.92 Å². The molecular weight excluding hydrogens is 324 g/mol. The van der Waals surface area contributed by atoms with Crippen molar-refractivity contribution >= 4 is 37.6 Å². The van der Waals surface area contributed by atoms with Gasteiger partial charge < -0.3 is 9.53 Å². The number of Topliss-reactive ketones (excluding diaryl/α,β-unsaturated/α-hetero) is 1.